The van der Waals surface area contributed by atoms with Crippen molar-refractivity contribution in [2.75, 3.05) is 13.7 Å². The third kappa shape index (κ3) is 3.02. The number of carboxylic acids is 1. The maximum absolute atomic E-state index is 10.2. The molecule has 1 aromatic carbocycles. The molecule has 1 rings (SSSR count). The average Bonchev–Trinajstić information content (AvgIpc) is 2.15. The monoisotopic (exact) mass is 181 g/mol. The molecule has 1 N–H and O–H groups in total. The summed E-state index contributed by atoms with van der Waals surface area (Å²) in [6.45, 7) is -0.360. The number of methoxy groups -OCH3 is 1. The molecular weight excluding hydrogens is 172 g/mol. The van der Waals surface area contributed by atoms with Crippen LogP contribution >= 0.6 is 0 Å². The van der Waals surface area contributed by atoms with Crippen molar-refractivity contribution in [2.24, 2.45) is 0 Å². The fourth-order valence-electron chi connectivity index (χ4n) is 0.776. The van der Waals surface area contributed by atoms with Crippen molar-refractivity contribution in [3.8, 4) is 11.5 Å². The smallest absolute Gasteiger partial charge is 0.341 e. The highest BCUT2D eigenvalue weighted by Gasteiger charge is 1.99. The highest BCUT2D eigenvalue weighted by Crippen LogP contribution is 2.17. The van der Waals surface area contributed by atoms with Gasteiger partial charge in [-0.2, -0.15) is 0 Å². The second-order valence-corrected chi connectivity index (χ2v) is 2.29. The maximum atomic E-state index is 10.2. The van der Waals surface area contributed by atoms with Crippen LogP contribution in [0, 0.1) is 6.07 Å². The van der Waals surface area contributed by atoms with Crippen LogP contribution in [0.15, 0.2) is 18.2 Å². The van der Waals surface area contributed by atoms with Crippen LogP contribution in [-0.4, -0.2) is 24.8 Å². The van der Waals surface area contributed by atoms with Gasteiger partial charge in [-0.05, 0) is 18.2 Å². The van der Waals surface area contributed by atoms with Crippen LogP contribution in [0.3, 0.4) is 0 Å². The first-order valence-corrected chi connectivity index (χ1v) is 3.62. The summed E-state index contributed by atoms with van der Waals surface area (Å²) in [4.78, 5) is 10.2. The van der Waals surface area contributed by atoms with E-state index >= 15 is 0 Å². The molecule has 0 aliphatic carbocycles. The van der Waals surface area contributed by atoms with Gasteiger partial charge >= 0.3 is 5.97 Å². The number of hydrogen-bond acceptors (Lipinski definition) is 3. The fourth-order valence-corrected chi connectivity index (χ4v) is 0.776. The number of ether oxygens (including phenoxy) is 2. The molecule has 0 amide bonds. The summed E-state index contributed by atoms with van der Waals surface area (Å²) < 4.78 is 9.80. The van der Waals surface area contributed by atoms with Crippen LogP contribution in [0.25, 0.3) is 0 Å². The summed E-state index contributed by atoms with van der Waals surface area (Å²) in [6.07, 6.45) is 0. The Kier molecular flexibility index (Phi) is 3.14. The Hall–Kier alpha value is -1.71. The predicted molar refractivity (Wildman–Crippen MR) is 45.0 cm³/mol. The fraction of sp³-hybridized carbons (Fsp3) is 0.222. The quantitative estimate of drug-likeness (QED) is 0.751. The topological polar surface area (TPSA) is 55.8 Å². The van der Waals surface area contributed by atoms with Crippen molar-refractivity contribution < 1.29 is 19.4 Å². The highest BCUT2D eigenvalue weighted by atomic mass is 16.5. The van der Waals surface area contributed by atoms with Crippen molar-refractivity contribution >= 4 is 5.97 Å². The zero-order valence-electron chi connectivity index (χ0n) is 7.11. The van der Waals surface area contributed by atoms with E-state index in [0.29, 0.717) is 11.5 Å². The van der Waals surface area contributed by atoms with Gasteiger partial charge in [0.2, 0.25) is 0 Å². The molecule has 69 valence electrons. The van der Waals surface area contributed by atoms with E-state index in [1.165, 1.54) is 7.11 Å². The van der Waals surface area contributed by atoms with Gasteiger partial charge in [0.05, 0.1) is 7.11 Å². The highest BCUT2D eigenvalue weighted by molar-refractivity contribution is 5.68. The molecule has 0 heterocycles. The number of benzene rings is 1. The number of carboxylic acid groups (broad SMARTS) is 1. The van der Waals surface area contributed by atoms with E-state index in [1.807, 2.05) is 0 Å². The van der Waals surface area contributed by atoms with Crippen molar-refractivity contribution in [3.05, 3.63) is 24.3 Å². The van der Waals surface area contributed by atoms with Crippen LogP contribution in [0.1, 0.15) is 0 Å². The molecule has 0 aromatic heterocycles. The largest absolute Gasteiger partial charge is 0.497 e. The van der Waals surface area contributed by atoms with Crippen molar-refractivity contribution in [1.29, 1.82) is 0 Å². The van der Waals surface area contributed by atoms with Crippen LogP contribution in [-0.2, 0) is 4.79 Å². The van der Waals surface area contributed by atoms with E-state index in [4.69, 9.17) is 14.6 Å². The summed E-state index contributed by atoms with van der Waals surface area (Å²) in [6, 6.07) is 7.54. The molecule has 13 heavy (non-hydrogen) atoms. The summed E-state index contributed by atoms with van der Waals surface area (Å²) in [7, 11) is 1.52. The Morgan fingerprint density at radius 3 is 2.85 bits per heavy atom. The Morgan fingerprint density at radius 2 is 2.23 bits per heavy atom. The predicted octanol–water partition coefficient (Wildman–Crippen LogP) is 0.959. The molecule has 0 bridgehead atoms. The second kappa shape index (κ2) is 4.35. The lowest BCUT2D eigenvalue weighted by atomic mass is 10.3. The molecule has 1 radical (unpaired) electrons. The van der Waals surface area contributed by atoms with E-state index < -0.39 is 5.97 Å². The lowest BCUT2D eigenvalue weighted by molar-refractivity contribution is -0.139. The van der Waals surface area contributed by atoms with Gasteiger partial charge in [-0.1, -0.05) is 0 Å². The van der Waals surface area contributed by atoms with Gasteiger partial charge in [-0.15, -0.1) is 0 Å². The molecule has 0 atom stereocenters. The Morgan fingerprint density at radius 1 is 1.54 bits per heavy atom. The number of hydrogen-bond donors (Lipinski definition) is 1. The molecule has 0 fully saturated rings. The molecule has 0 saturated carbocycles. The third-order valence-corrected chi connectivity index (χ3v) is 1.33. The minimum absolute atomic E-state index is 0.360. The van der Waals surface area contributed by atoms with Crippen LogP contribution < -0.4 is 9.47 Å². The van der Waals surface area contributed by atoms with Crippen molar-refractivity contribution in [3.63, 3.8) is 0 Å². The first-order valence-electron chi connectivity index (χ1n) is 3.62. The maximum Gasteiger partial charge on any atom is 0.341 e. The lowest BCUT2D eigenvalue weighted by Gasteiger charge is -2.04. The summed E-state index contributed by atoms with van der Waals surface area (Å²) in [5.74, 6) is 0.00691. The summed E-state index contributed by atoms with van der Waals surface area (Å²) in [5.41, 5.74) is 0. The molecular formula is C9H9O4. The van der Waals surface area contributed by atoms with E-state index in [1.54, 1.807) is 18.2 Å². The molecule has 0 unspecified atom stereocenters. The first kappa shape index (κ1) is 9.38. The van der Waals surface area contributed by atoms with Gasteiger partial charge in [0, 0.05) is 6.07 Å². The molecule has 1 aromatic rings. The van der Waals surface area contributed by atoms with E-state index in [-0.39, 0.29) is 6.61 Å². The van der Waals surface area contributed by atoms with Gasteiger partial charge in [0.25, 0.3) is 0 Å². The zero-order valence-corrected chi connectivity index (χ0v) is 7.11. The zero-order chi connectivity index (χ0) is 9.68. The normalized spacial score (nSPS) is 9.31. The van der Waals surface area contributed by atoms with Crippen molar-refractivity contribution in [1.82, 2.24) is 0 Å². The summed E-state index contributed by atoms with van der Waals surface area (Å²) in [5, 5.41) is 8.33. The Labute approximate surface area is 75.7 Å². The van der Waals surface area contributed by atoms with Gasteiger partial charge < -0.3 is 14.6 Å². The molecule has 0 aliphatic heterocycles. The average molecular weight is 181 g/mol. The van der Waals surface area contributed by atoms with E-state index in [9.17, 15) is 4.79 Å². The van der Waals surface area contributed by atoms with Gasteiger partial charge in [-0.25, -0.2) is 4.79 Å². The molecule has 0 saturated heterocycles. The Bertz CT molecular complexity index is 295. The first-order chi connectivity index (χ1) is 6.22. The molecule has 0 spiro atoms. The summed E-state index contributed by atoms with van der Waals surface area (Å²) >= 11 is 0. The van der Waals surface area contributed by atoms with Crippen molar-refractivity contribution in [2.45, 2.75) is 0 Å². The van der Waals surface area contributed by atoms with Gasteiger partial charge in [-0.3, -0.25) is 0 Å². The minimum atomic E-state index is -1.01. The van der Waals surface area contributed by atoms with Crippen LogP contribution in [0.2, 0.25) is 0 Å². The number of rotatable bonds is 4. The minimum Gasteiger partial charge on any atom is -0.497 e. The Balaban J connectivity index is 2.61. The lowest BCUT2D eigenvalue weighted by Crippen LogP contribution is -2.09. The molecule has 4 nitrogen and oxygen atoms in total. The standard InChI is InChI=1S/C9H9O4/c1-12-7-3-2-4-8(5-7)13-6-9(10)11/h3-5H,6H2,1H3,(H,10,11). The second-order valence-electron chi connectivity index (χ2n) is 2.29. The number of aliphatic carboxylic acids is 1. The SMILES string of the molecule is COc1c[c]cc(OCC(=O)O)c1. The molecule has 4 heteroatoms. The number of carbonyl (C=O) groups is 1. The van der Waals surface area contributed by atoms with Crippen LogP contribution in [0.5, 0.6) is 11.5 Å². The van der Waals surface area contributed by atoms with Crippen LogP contribution in [0.4, 0.5) is 0 Å². The van der Waals surface area contributed by atoms with E-state index in [2.05, 4.69) is 6.07 Å². The third-order valence-electron chi connectivity index (χ3n) is 1.33. The molecule has 0 aliphatic rings. The van der Waals surface area contributed by atoms with Gasteiger partial charge in [0.1, 0.15) is 11.5 Å². The van der Waals surface area contributed by atoms with E-state index in [0.717, 1.165) is 0 Å². The van der Waals surface area contributed by atoms with Gasteiger partial charge in [0.15, 0.2) is 6.61 Å².